The number of carbonyl (C=O) groups is 3. The number of methoxy groups -OCH3 is 4. The van der Waals surface area contributed by atoms with Crippen molar-refractivity contribution in [1.29, 1.82) is 0 Å². The number of ether oxygens (including phenoxy) is 4. The Balaban J connectivity index is 1.75. The SMILES string of the molecule is COC(=O)c1ncn2c1C(=O)N(Cc1cc(OC)ccc1OC)[C@](C)(C(=O)NCc1ccccc1OC)C2. The quantitative estimate of drug-likeness (QED) is 0.426. The van der Waals surface area contributed by atoms with Gasteiger partial charge in [-0.3, -0.25) is 9.59 Å². The molecule has 3 aromatic rings. The molecule has 0 saturated carbocycles. The van der Waals surface area contributed by atoms with E-state index >= 15 is 0 Å². The zero-order valence-electron chi connectivity index (χ0n) is 21.9. The van der Waals surface area contributed by atoms with E-state index in [0.717, 1.165) is 5.56 Å². The van der Waals surface area contributed by atoms with E-state index in [4.69, 9.17) is 18.9 Å². The van der Waals surface area contributed by atoms with Gasteiger partial charge >= 0.3 is 5.97 Å². The maximum absolute atomic E-state index is 14.0. The third-order valence-electron chi connectivity index (χ3n) is 6.68. The van der Waals surface area contributed by atoms with E-state index < -0.39 is 23.3 Å². The van der Waals surface area contributed by atoms with Gasteiger partial charge in [0.15, 0.2) is 5.69 Å². The molecule has 1 aliphatic rings. The predicted molar refractivity (Wildman–Crippen MR) is 136 cm³/mol. The zero-order valence-corrected chi connectivity index (χ0v) is 21.9. The van der Waals surface area contributed by atoms with E-state index in [1.165, 1.54) is 37.1 Å². The van der Waals surface area contributed by atoms with Crippen LogP contribution in [0.2, 0.25) is 0 Å². The number of aromatic nitrogens is 2. The van der Waals surface area contributed by atoms with Crippen molar-refractivity contribution in [2.75, 3.05) is 28.4 Å². The molecule has 0 spiro atoms. The Kier molecular flexibility index (Phi) is 7.56. The van der Waals surface area contributed by atoms with Crippen LogP contribution in [0.1, 0.15) is 39.0 Å². The lowest BCUT2D eigenvalue weighted by Gasteiger charge is -2.44. The van der Waals surface area contributed by atoms with Crippen molar-refractivity contribution < 1.29 is 33.3 Å². The number of rotatable bonds is 9. The standard InChI is InChI=1S/C27H30N4O7/c1-27(26(34)28-13-17-8-6-7-9-20(17)36-3)15-30-16-29-22(25(33)38-5)23(30)24(32)31(27)14-18-12-19(35-2)10-11-21(18)37-4/h6-12,16H,13-15H2,1-5H3,(H,28,34)/t27-/m0/s1. The van der Waals surface area contributed by atoms with Crippen LogP contribution < -0.4 is 19.5 Å². The van der Waals surface area contributed by atoms with Crippen molar-refractivity contribution in [3.8, 4) is 17.2 Å². The van der Waals surface area contributed by atoms with Gasteiger partial charge in [-0.05, 0) is 31.2 Å². The molecule has 1 aromatic heterocycles. The summed E-state index contributed by atoms with van der Waals surface area (Å²) in [6.07, 6.45) is 1.37. The maximum atomic E-state index is 14.0. The van der Waals surface area contributed by atoms with Crippen LogP contribution in [0.15, 0.2) is 48.8 Å². The molecule has 1 atom stereocenters. The molecule has 0 saturated heterocycles. The van der Waals surface area contributed by atoms with Crippen LogP contribution in [0.3, 0.4) is 0 Å². The number of imidazole rings is 1. The van der Waals surface area contributed by atoms with Crippen LogP contribution in [-0.2, 0) is 29.2 Å². The number of nitrogens with one attached hydrogen (secondary N) is 1. The number of nitrogens with zero attached hydrogens (tertiary/aromatic N) is 3. The molecule has 0 unspecified atom stereocenters. The summed E-state index contributed by atoms with van der Waals surface area (Å²) in [5.74, 6) is 0.0348. The van der Waals surface area contributed by atoms with Crippen molar-refractivity contribution in [1.82, 2.24) is 19.8 Å². The van der Waals surface area contributed by atoms with E-state index in [2.05, 4.69) is 10.3 Å². The van der Waals surface area contributed by atoms with Crippen LogP contribution in [0.5, 0.6) is 17.2 Å². The molecule has 200 valence electrons. The number of amides is 2. The van der Waals surface area contributed by atoms with Gasteiger partial charge in [0.1, 0.15) is 28.5 Å². The highest BCUT2D eigenvalue weighted by Gasteiger charge is 2.49. The van der Waals surface area contributed by atoms with Gasteiger partial charge in [0.2, 0.25) is 5.91 Å². The first kappa shape index (κ1) is 26.5. The molecule has 1 N–H and O–H groups in total. The highest BCUT2D eigenvalue weighted by molar-refractivity contribution is 6.06. The van der Waals surface area contributed by atoms with E-state index in [1.54, 1.807) is 38.3 Å². The van der Waals surface area contributed by atoms with Gasteiger partial charge in [-0.2, -0.15) is 0 Å². The van der Waals surface area contributed by atoms with Crippen LogP contribution in [0, 0.1) is 0 Å². The van der Waals surface area contributed by atoms with E-state index in [9.17, 15) is 14.4 Å². The molecule has 11 heteroatoms. The van der Waals surface area contributed by atoms with E-state index in [-0.39, 0.29) is 31.0 Å². The number of hydrogen-bond donors (Lipinski definition) is 1. The molecule has 0 radical (unpaired) electrons. The first-order chi connectivity index (χ1) is 18.3. The number of benzene rings is 2. The largest absolute Gasteiger partial charge is 0.497 e. The van der Waals surface area contributed by atoms with Gasteiger partial charge in [-0.1, -0.05) is 18.2 Å². The van der Waals surface area contributed by atoms with E-state index in [1.807, 2.05) is 18.2 Å². The van der Waals surface area contributed by atoms with Gasteiger partial charge in [0.25, 0.3) is 5.91 Å². The molecule has 11 nitrogen and oxygen atoms in total. The molecule has 4 rings (SSSR count). The fourth-order valence-corrected chi connectivity index (χ4v) is 4.57. The van der Waals surface area contributed by atoms with Crippen LogP contribution in [-0.4, -0.2) is 66.2 Å². The van der Waals surface area contributed by atoms with Gasteiger partial charge in [-0.25, -0.2) is 9.78 Å². The third-order valence-corrected chi connectivity index (χ3v) is 6.68. The summed E-state index contributed by atoms with van der Waals surface area (Å²) in [5.41, 5.74) is -0.0119. The second kappa shape index (κ2) is 10.8. The number of para-hydroxylation sites is 1. The van der Waals surface area contributed by atoms with Gasteiger partial charge in [0, 0.05) is 17.7 Å². The predicted octanol–water partition coefficient (Wildman–Crippen LogP) is 2.43. The van der Waals surface area contributed by atoms with Crippen molar-refractivity contribution >= 4 is 17.8 Å². The summed E-state index contributed by atoms with van der Waals surface area (Å²) < 4.78 is 22.6. The fraction of sp³-hybridized carbons (Fsp3) is 0.333. The van der Waals surface area contributed by atoms with E-state index in [0.29, 0.717) is 22.8 Å². The molecule has 0 aliphatic carbocycles. The topological polar surface area (TPSA) is 121 Å². The van der Waals surface area contributed by atoms with Crippen molar-refractivity contribution in [3.63, 3.8) is 0 Å². The lowest BCUT2D eigenvalue weighted by Crippen LogP contribution is -2.63. The minimum Gasteiger partial charge on any atom is -0.497 e. The summed E-state index contributed by atoms with van der Waals surface area (Å²) >= 11 is 0. The first-order valence-corrected chi connectivity index (χ1v) is 11.8. The summed E-state index contributed by atoms with van der Waals surface area (Å²) in [7, 11) is 5.83. The van der Waals surface area contributed by atoms with Crippen LogP contribution >= 0.6 is 0 Å². The zero-order chi connectivity index (χ0) is 27.4. The number of carbonyl (C=O) groups excluding carboxylic acids is 3. The molecule has 1 aliphatic heterocycles. The summed E-state index contributed by atoms with van der Waals surface area (Å²) in [6.45, 7) is 1.93. The molecule has 2 amide bonds. The molecular weight excluding hydrogens is 492 g/mol. The molecular formula is C27H30N4O7. The minimum absolute atomic E-state index is 0.00355. The lowest BCUT2D eigenvalue weighted by molar-refractivity contribution is -0.133. The molecule has 38 heavy (non-hydrogen) atoms. The Bertz CT molecular complexity index is 1370. The van der Waals surface area contributed by atoms with Gasteiger partial charge < -0.3 is 33.7 Å². The van der Waals surface area contributed by atoms with Gasteiger partial charge in [0.05, 0.1) is 47.9 Å². The van der Waals surface area contributed by atoms with Crippen LogP contribution in [0.4, 0.5) is 0 Å². The summed E-state index contributed by atoms with van der Waals surface area (Å²) in [6, 6.07) is 12.6. The Morgan fingerprint density at radius 2 is 1.71 bits per heavy atom. The fourth-order valence-electron chi connectivity index (χ4n) is 4.57. The average Bonchev–Trinajstić information content (AvgIpc) is 3.37. The monoisotopic (exact) mass is 522 g/mol. The maximum Gasteiger partial charge on any atom is 0.359 e. The van der Waals surface area contributed by atoms with Crippen molar-refractivity contribution in [2.24, 2.45) is 0 Å². The highest BCUT2D eigenvalue weighted by atomic mass is 16.5. The lowest BCUT2D eigenvalue weighted by atomic mass is 9.93. The average molecular weight is 523 g/mol. The number of esters is 1. The molecule has 2 aromatic carbocycles. The second-order valence-corrected chi connectivity index (χ2v) is 8.90. The first-order valence-electron chi connectivity index (χ1n) is 11.8. The second-order valence-electron chi connectivity index (χ2n) is 8.90. The molecule has 0 bridgehead atoms. The Labute approximate surface area is 220 Å². The Morgan fingerprint density at radius 1 is 1.00 bits per heavy atom. The smallest absolute Gasteiger partial charge is 0.359 e. The molecule has 0 fully saturated rings. The normalized spacial score (nSPS) is 16.4. The van der Waals surface area contributed by atoms with Crippen LogP contribution in [0.25, 0.3) is 0 Å². The summed E-state index contributed by atoms with van der Waals surface area (Å²) in [5, 5.41) is 2.95. The number of hydrogen-bond acceptors (Lipinski definition) is 8. The molecule has 2 heterocycles. The van der Waals surface area contributed by atoms with Gasteiger partial charge in [-0.15, -0.1) is 0 Å². The number of fused-ring (bicyclic) bond motifs is 1. The minimum atomic E-state index is -1.35. The Morgan fingerprint density at radius 3 is 2.39 bits per heavy atom. The van der Waals surface area contributed by atoms with Crippen molar-refractivity contribution in [3.05, 3.63) is 71.3 Å². The van der Waals surface area contributed by atoms with Crippen molar-refractivity contribution in [2.45, 2.75) is 32.1 Å². The Hall–Kier alpha value is -4.54. The third kappa shape index (κ3) is 4.74. The summed E-state index contributed by atoms with van der Waals surface area (Å²) in [4.78, 5) is 45.6. The highest BCUT2D eigenvalue weighted by Crippen LogP contribution is 2.34.